The van der Waals surface area contributed by atoms with Crippen molar-refractivity contribution in [1.82, 2.24) is 9.88 Å². The van der Waals surface area contributed by atoms with Crippen molar-refractivity contribution in [2.45, 2.75) is 13.8 Å². The van der Waals surface area contributed by atoms with Crippen LogP contribution in [0.3, 0.4) is 0 Å². The molecule has 0 bridgehead atoms. The minimum absolute atomic E-state index is 0.0175. The fourth-order valence-electron chi connectivity index (χ4n) is 2.58. The van der Waals surface area contributed by atoms with Crippen LogP contribution in [-0.4, -0.2) is 35.3 Å². The Kier molecular flexibility index (Phi) is 5.66. The van der Waals surface area contributed by atoms with Crippen molar-refractivity contribution in [3.63, 3.8) is 0 Å². The van der Waals surface area contributed by atoms with Crippen molar-refractivity contribution in [3.8, 4) is 0 Å². The summed E-state index contributed by atoms with van der Waals surface area (Å²) >= 11 is 1.52. The number of anilines is 1. The van der Waals surface area contributed by atoms with E-state index in [4.69, 9.17) is 0 Å². The lowest BCUT2D eigenvalue weighted by molar-refractivity contribution is -0.129. The maximum atomic E-state index is 12.3. The van der Waals surface area contributed by atoms with Gasteiger partial charge in [-0.2, -0.15) is 0 Å². The number of aryl methyl sites for hydroxylation is 2. The van der Waals surface area contributed by atoms with E-state index in [0.29, 0.717) is 0 Å². The van der Waals surface area contributed by atoms with E-state index < -0.39 is 0 Å². The molecule has 0 fully saturated rings. The van der Waals surface area contributed by atoms with Crippen LogP contribution in [0, 0.1) is 13.8 Å². The van der Waals surface area contributed by atoms with Crippen LogP contribution in [0.25, 0.3) is 16.3 Å². The van der Waals surface area contributed by atoms with E-state index in [-0.39, 0.29) is 18.4 Å². The molecule has 0 atom stereocenters. The van der Waals surface area contributed by atoms with Crippen LogP contribution in [0.15, 0.2) is 48.5 Å². The van der Waals surface area contributed by atoms with Gasteiger partial charge in [0.15, 0.2) is 0 Å². The van der Waals surface area contributed by atoms with Gasteiger partial charge >= 0.3 is 0 Å². The third-order valence-electron chi connectivity index (χ3n) is 4.10. The molecule has 1 heterocycles. The minimum atomic E-state index is -0.245. The van der Waals surface area contributed by atoms with Crippen molar-refractivity contribution in [2.75, 3.05) is 18.9 Å². The van der Waals surface area contributed by atoms with E-state index in [1.807, 2.05) is 56.3 Å². The summed E-state index contributed by atoms with van der Waals surface area (Å²) in [7, 11) is 1.60. The summed E-state index contributed by atoms with van der Waals surface area (Å²) in [5.74, 6) is -0.474. The van der Waals surface area contributed by atoms with Gasteiger partial charge in [0.1, 0.15) is 5.01 Å². The molecule has 0 saturated carbocycles. The van der Waals surface area contributed by atoms with Crippen molar-refractivity contribution in [3.05, 3.63) is 64.7 Å². The molecule has 2 aromatic carbocycles. The molecule has 5 nitrogen and oxygen atoms in total. The number of aromatic nitrogens is 1. The van der Waals surface area contributed by atoms with Gasteiger partial charge in [0.2, 0.25) is 11.8 Å². The first-order valence-corrected chi connectivity index (χ1v) is 9.40. The Hall–Kier alpha value is -2.99. The van der Waals surface area contributed by atoms with Crippen LogP contribution in [-0.2, 0) is 9.59 Å². The second-order valence-corrected chi connectivity index (χ2v) is 7.48. The summed E-state index contributed by atoms with van der Waals surface area (Å²) < 4.78 is 1.07. The molecule has 27 heavy (non-hydrogen) atoms. The molecule has 0 aliphatic heterocycles. The van der Waals surface area contributed by atoms with E-state index in [0.717, 1.165) is 32.0 Å². The number of carbonyl (C=O) groups is 2. The van der Waals surface area contributed by atoms with E-state index in [9.17, 15) is 9.59 Å². The summed E-state index contributed by atoms with van der Waals surface area (Å²) in [5.41, 5.74) is 3.74. The number of hydrogen-bond donors (Lipinski definition) is 1. The molecule has 0 aliphatic carbocycles. The number of amides is 2. The third-order valence-corrected chi connectivity index (χ3v) is 5.10. The second-order valence-electron chi connectivity index (χ2n) is 6.41. The Morgan fingerprint density at radius 2 is 1.96 bits per heavy atom. The molecule has 0 spiro atoms. The largest absolute Gasteiger partial charge is 0.333 e. The number of likely N-dealkylation sites (N-methyl/N-ethyl adjacent to an activating group) is 1. The maximum Gasteiger partial charge on any atom is 0.246 e. The number of hydrogen-bond acceptors (Lipinski definition) is 4. The van der Waals surface area contributed by atoms with E-state index in [2.05, 4.69) is 10.3 Å². The van der Waals surface area contributed by atoms with Gasteiger partial charge in [-0.25, -0.2) is 4.98 Å². The Morgan fingerprint density at radius 3 is 2.74 bits per heavy atom. The molecule has 1 N–H and O–H groups in total. The zero-order valence-electron chi connectivity index (χ0n) is 15.5. The topological polar surface area (TPSA) is 62.3 Å². The van der Waals surface area contributed by atoms with Gasteiger partial charge in [0, 0.05) is 18.8 Å². The standard InChI is InChI=1S/C21H21N3O2S/c1-14-8-9-15(2)17(12-14)22-19(25)13-24(3)21(26)11-10-20-23-16-6-4-5-7-18(16)27-20/h4-12H,13H2,1-3H3,(H,22,25)/b11-10+. The van der Waals surface area contributed by atoms with Crippen LogP contribution in [0.1, 0.15) is 16.1 Å². The molecular weight excluding hydrogens is 358 g/mol. The highest BCUT2D eigenvalue weighted by atomic mass is 32.1. The molecule has 2 amide bonds. The molecular formula is C21H21N3O2S. The molecule has 3 rings (SSSR count). The monoisotopic (exact) mass is 379 g/mol. The smallest absolute Gasteiger partial charge is 0.246 e. The van der Waals surface area contributed by atoms with Gasteiger partial charge in [-0.15, -0.1) is 11.3 Å². The molecule has 0 radical (unpaired) electrons. The van der Waals surface area contributed by atoms with Gasteiger partial charge in [-0.1, -0.05) is 24.3 Å². The SMILES string of the molecule is Cc1ccc(C)c(NC(=O)CN(C)C(=O)/C=C/c2nc3ccccc3s2)c1. The molecule has 138 valence electrons. The highest BCUT2D eigenvalue weighted by Crippen LogP contribution is 2.22. The zero-order valence-corrected chi connectivity index (χ0v) is 16.3. The van der Waals surface area contributed by atoms with Crippen molar-refractivity contribution in [2.24, 2.45) is 0 Å². The zero-order chi connectivity index (χ0) is 19.4. The van der Waals surface area contributed by atoms with Crippen LogP contribution >= 0.6 is 11.3 Å². The quantitative estimate of drug-likeness (QED) is 0.681. The van der Waals surface area contributed by atoms with Gasteiger partial charge in [-0.05, 0) is 49.2 Å². The molecule has 6 heteroatoms. The molecule has 0 saturated heterocycles. The number of rotatable bonds is 5. The Morgan fingerprint density at radius 1 is 1.19 bits per heavy atom. The predicted molar refractivity (Wildman–Crippen MR) is 111 cm³/mol. The van der Waals surface area contributed by atoms with Crippen LogP contribution in [0.4, 0.5) is 5.69 Å². The van der Waals surface area contributed by atoms with Crippen LogP contribution in [0.2, 0.25) is 0 Å². The minimum Gasteiger partial charge on any atom is -0.333 e. The van der Waals surface area contributed by atoms with Gasteiger partial charge in [-0.3, -0.25) is 9.59 Å². The fraction of sp³-hybridized carbons (Fsp3) is 0.190. The maximum absolute atomic E-state index is 12.3. The Labute approximate surface area is 162 Å². The van der Waals surface area contributed by atoms with E-state index >= 15 is 0 Å². The highest BCUT2D eigenvalue weighted by molar-refractivity contribution is 7.19. The predicted octanol–water partition coefficient (Wildman–Crippen LogP) is 4.02. The lowest BCUT2D eigenvalue weighted by Gasteiger charge is -2.15. The van der Waals surface area contributed by atoms with E-state index in [1.54, 1.807) is 13.1 Å². The van der Waals surface area contributed by atoms with Gasteiger partial charge < -0.3 is 10.2 Å². The summed E-state index contributed by atoms with van der Waals surface area (Å²) in [4.78, 5) is 30.4. The molecule has 1 aromatic heterocycles. The Bertz CT molecular complexity index is 990. The van der Waals surface area contributed by atoms with E-state index in [1.165, 1.54) is 22.3 Å². The van der Waals surface area contributed by atoms with Crippen molar-refractivity contribution in [1.29, 1.82) is 0 Å². The van der Waals surface area contributed by atoms with Gasteiger partial charge in [0.05, 0.1) is 16.8 Å². The molecule has 0 aliphatic rings. The van der Waals surface area contributed by atoms with Crippen LogP contribution < -0.4 is 5.32 Å². The van der Waals surface area contributed by atoms with Crippen LogP contribution in [0.5, 0.6) is 0 Å². The first-order valence-electron chi connectivity index (χ1n) is 8.58. The van der Waals surface area contributed by atoms with Gasteiger partial charge in [0.25, 0.3) is 0 Å². The fourth-order valence-corrected chi connectivity index (χ4v) is 3.45. The molecule has 3 aromatic rings. The van der Waals surface area contributed by atoms with Crippen molar-refractivity contribution >= 4 is 45.1 Å². The lowest BCUT2D eigenvalue weighted by atomic mass is 10.1. The average molecular weight is 379 g/mol. The first-order chi connectivity index (χ1) is 12.9. The summed E-state index contributed by atoms with van der Waals surface area (Å²) in [6.07, 6.45) is 3.13. The summed E-state index contributed by atoms with van der Waals surface area (Å²) in [6.45, 7) is 3.89. The first kappa shape index (κ1) is 18.8. The number of fused-ring (bicyclic) bond motifs is 1. The normalized spacial score (nSPS) is 11.1. The van der Waals surface area contributed by atoms with Crippen molar-refractivity contribution < 1.29 is 9.59 Å². The number of para-hydroxylation sites is 1. The number of benzene rings is 2. The average Bonchev–Trinajstić information content (AvgIpc) is 3.05. The number of thiazole rings is 1. The lowest BCUT2D eigenvalue weighted by Crippen LogP contribution is -2.34. The third kappa shape index (κ3) is 4.80. The molecule has 0 unspecified atom stereocenters. The Balaban J connectivity index is 1.59. The number of nitrogens with one attached hydrogen (secondary N) is 1. The number of carbonyl (C=O) groups excluding carboxylic acids is 2. The second kappa shape index (κ2) is 8.14. The highest BCUT2D eigenvalue weighted by Gasteiger charge is 2.12. The number of nitrogens with zero attached hydrogens (tertiary/aromatic N) is 2. The summed E-state index contributed by atoms with van der Waals surface area (Å²) in [5, 5.41) is 3.62. The summed E-state index contributed by atoms with van der Waals surface area (Å²) in [6, 6.07) is 13.7.